The van der Waals surface area contributed by atoms with Crippen LogP contribution in [0.2, 0.25) is 0 Å². The molecule has 0 amide bonds. The van der Waals surface area contributed by atoms with Crippen LogP contribution in [-0.2, 0) is 18.4 Å². The molecule has 0 unspecified atom stereocenters. The van der Waals surface area contributed by atoms with E-state index in [4.69, 9.17) is 0 Å². The fourth-order valence-corrected chi connectivity index (χ4v) is 5.07. The van der Waals surface area contributed by atoms with Gasteiger partial charge in [0.1, 0.15) is 11.4 Å². The zero-order valence-electron chi connectivity index (χ0n) is 22.2. The number of unbranched alkanes of at least 4 members (excludes halogenated alkanes) is 1. The SMILES string of the molecule is CCCCc1cn(-c2c(C(=O)O)ccn2C(C)C)c(=O)n1CC1(c2cccc(-c3nn[nH]n3)c2)C=CNC=C1. The molecule has 4 heterocycles. The van der Waals surface area contributed by atoms with Gasteiger partial charge >= 0.3 is 11.7 Å². The van der Waals surface area contributed by atoms with Gasteiger partial charge in [0.15, 0.2) is 0 Å². The number of allylic oxidation sites excluding steroid dienone is 2. The Morgan fingerprint density at radius 3 is 2.64 bits per heavy atom. The monoisotopic (exact) mass is 528 g/mol. The number of imidazole rings is 1. The van der Waals surface area contributed by atoms with Crippen molar-refractivity contribution in [3.8, 4) is 17.2 Å². The van der Waals surface area contributed by atoms with E-state index in [1.54, 1.807) is 23.0 Å². The minimum Gasteiger partial charge on any atom is -0.478 e. The number of hydrogen-bond donors (Lipinski definition) is 3. The van der Waals surface area contributed by atoms with Crippen LogP contribution in [0, 0.1) is 0 Å². The van der Waals surface area contributed by atoms with Crippen LogP contribution in [0.15, 0.2) is 72.1 Å². The molecule has 0 bridgehead atoms. The summed E-state index contributed by atoms with van der Waals surface area (Å²) in [5.74, 6) is -0.224. The van der Waals surface area contributed by atoms with E-state index < -0.39 is 11.4 Å². The van der Waals surface area contributed by atoms with Crippen molar-refractivity contribution < 1.29 is 9.90 Å². The summed E-state index contributed by atoms with van der Waals surface area (Å²) in [6.07, 6.45) is 13.9. The average molecular weight is 529 g/mol. The lowest BCUT2D eigenvalue weighted by Crippen LogP contribution is -2.36. The van der Waals surface area contributed by atoms with Gasteiger partial charge in [0.2, 0.25) is 5.82 Å². The highest BCUT2D eigenvalue weighted by Gasteiger charge is 2.32. The Labute approximate surface area is 225 Å². The van der Waals surface area contributed by atoms with Gasteiger partial charge in [-0.3, -0.25) is 9.13 Å². The summed E-state index contributed by atoms with van der Waals surface area (Å²) in [4.78, 5) is 26.2. The Balaban J connectivity index is 1.66. The molecule has 4 aromatic rings. The van der Waals surface area contributed by atoms with Crippen molar-refractivity contribution in [3.05, 3.63) is 94.6 Å². The number of carboxylic acids is 1. The molecule has 0 spiro atoms. The predicted octanol–water partition coefficient (Wildman–Crippen LogP) is 3.81. The first-order chi connectivity index (χ1) is 18.8. The van der Waals surface area contributed by atoms with E-state index in [-0.39, 0.29) is 17.3 Å². The molecular formula is C28H32N8O3. The van der Waals surface area contributed by atoms with Gasteiger partial charge in [-0.05, 0) is 62.0 Å². The summed E-state index contributed by atoms with van der Waals surface area (Å²) >= 11 is 0. The average Bonchev–Trinajstić information content (AvgIpc) is 3.68. The molecule has 11 nitrogen and oxygen atoms in total. The molecule has 0 atom stereocenters. The van der Waals surface area contributed by atoms with Gasteiger partial charge in [0.05, 0.1) is 5.41 Å². The van der Waals surface area contributed by atoms with E-state index in [0.717, 1.165) is 29.7 Å². The Hall–Kier alpha value is -4.67. The molecule has 202 valence electrons. The fourth-order valence-electron chi connectivity index (χ4n) is 5.07. The zero-order chi connectivity index (χ0) is 27.6. The van der Waals surface area contributed by atoms with Crippen molar-refractivity contribution in [2.75, 3.05) is 0 Å². The Kier molecular flexibility index (Phi) is 7.05. The van der Waals surface area contributed by atoms with Gasteiger partial charge in [-0.15, -0.1) is 10.2 Å². The van der Waals surface area contributed by atoms with Gasteiger partial charge in [-0.2, -0.15) is 5.21 Å². The van der Waals surface area contributed by atoms with Crippen molar-refractivity contribution in [2.45, 2.75) is 58.0 Å². The van der Waals surface area contributed by atoms with Gasteiger partial charge in [-0.1, -0.05) is 43.7 Å². The number of carboxylic acid groups (broad SMARTS) is 1. The lowest BCUT2D eigenvalue weighted by molar-refractivity contribution is 0.0696. The molecule has 0 saturated carbocycles. The van der Waals surface area contributed by atoms with Gasteiger partial charge in [0, 0.05) is 36.2 Å². The van der Waals surface area contributed by atoms with Crippen LogP contribution < -0.4 is 11.0 Å². The number of aromatic nitrogens is 7. The topological polar surface area (TPSA) is 136 Å². The van der Waals surface area contributed by atoms with Crippen molar-refractivity contribution >= 4 is 5.97 Å². The van der Waals surface area contributed by atoms with E-state index in [9.17, 15) is 14.7 Å². The number of benzene rings is 1. The molecule has 0 radical (unpaired) electrons. The third-order valence-corrected chi connectivity index (χ3v) is 7.13. The zero-order valence-corrected chi connectivity index (χ0v) is 22.2. The third kappa shape index (κ3) is 4.83. The van der Waals surface area contributed by atoms with Crippen LogP contribution in [0.5, 0.6) is 0 Å². The van der Waals surface area contributed by atoms with Crippen molar-refractivity contribution in [3.63, 3.8) is 0 Å². The maximum absolute atomic E-state index is 14.1. The number of nitrogens with one attached hydrogen (secondary N) is 2. The highest BCUT2D eigenvalue weighted by Crippen LogP contribution is 2.34. The highest BCUT2D eigenvalue weighted by atomic mass is 16.4. The first-order valence-corrected chi connectivity index (χ1v) is 13.1. The number of nitrogens with zero attached hydrogens (tertiary/aromatic N) is 6. The van der Waals surface area contributed by atoms with E-state index in [1.165, 1.54) is 4.57 Å². The Bertz CT molecular complexity index is 1570. The summed E-state index contributed by atoms with van der Waals surface area (Å²) in [6.45, 7) is 6.36. The second-order valence-corrected chi connectivity index (χ2v) is 10.0. The molecule has 5 rings (SSSR count). The predicted molar refractivity (Wildman–Crippen MR) is 147 cm³/mol. The molecule has 1 aliphatic heterocycles. The van der Waals surface area contributed by atoms with Crippen LogP contribution in [0.25, 0.3) is 17.2 Å². The number of aromatic amines is 1. The standard InChI is InChI=1S/C28H32N8O3/c1-4-5-9-22-17-35(25-23(26(37)38)10-15-34(25)19(2)3)27(39)36(22)18-28(11-13-29-14-12-28)21-8-6-7-20(16-21)24-30-32-33-31-24/h6-8,10-17,19,29H,4-5,9,18H2,1-3H3,(H,37,38)(H,30,31,32,33). The summed E-state index contributed by atoms with van der Waals surface area (Å²) < 4.78 is 5.10. The Morgan fingerprint density at radius 2 is 1.97 bits per heavy atom. The number of carbonyl (C=O) groups is 1. The third-order valence-electron chi connectivity index (χ3n) is 7.13. The number of H-pyrrole nitrogens is 1. The van der Waals surface area contributed by atoms with E-state index in [1.807, 2.05) is 67.2 Å². The molecule has 0 fully saturated rings. The molecule has 3 N–H and O–H groups in total. The highest BCUT2D eigenvalue weighted by molar-refractivity contribution is 5.91. The number of tetrazole rings is 1. The smallest absolute Gasteiger partial charge is 0.339 e. The molecule has 3 aromatic heterocycles. The number of aromatic carboxylic acids is 1. The number of aryl methyl sites for hydroxylation is 1. The summed E-state index contributed by atoms with van der Waals surface area (Å²) in [5.41, 5.74) is 1.77. The van der Waals surface area contributed by atoms with Gasteiger partial charge < -0.3 is 15.0 Å². The molecule has 1 aromatic carbocycles. The quantitative estimate of drug-likeness (QED) is 0.285. The van der Waals surface area contributed by atoms with Crippen LogP contribution in [-0.4, -0.2) is 45.4 Å². The minimum atomic E-state index is -1.07. The number of rotatable bonds is 10. The summed E-state index contributed by atoms with van der Waals surface area (Å²) in [6, 6.07) is 9.40. The lowest BCUT2D eigenvalue weighted by Gasteiger charge is -2.31. The van der Waals surface area contributed by atoms with Crippen molar-refractivity contribution in [2.24, 2.45) is 0 Å². The van der Waals surface area contributed by atoms with Crippen LogP contribution in [0.4, 0.5) is 0 Å². The Morgan fingerprint density at radius 1 is 1.18 bits per heavy atom. The molecule has 11 heteroatoms. The van der Waals surface area contributed by atoms with E-state index >= 15 is 0 Å². The molecule has 0 aliphatic carbocycles. The van der Waals surface area contributed by atoms with Crippen LogP contribution >= 0.6 is 0 Å². The molecule has 1 aliphatic rings. The second kappa shape index (κ2) is 10.6. The maximum atomic E-state index is 14.1. The first kappa shape index (κ1) is 26.0. The van der Waals surface area contributed by atoms with Gasteiger partial charge in [0.25, 0.3) is 0 Å². The summed E-state index contributed by atoms with van der Waals surface area (Å²) in [7, 11) is 0. The maximum Gasteiger partial charge on any atom is 0.339 e. The molecular weight excluding hydrogens is 496 g/mol. The van der Waals surface area contributed by atoms with Crippen LogP contribution in [0.1, 0.15) is 61.3 Å². The van der Waals surface area contributed by atoms with Crippen molar-refractivity contribution in [1.82, 2.24) is 39.6 Å². The largest absolute Gasteiger partial charge is 0.478 e. The summed E-state index contributed by atoms with van der Waals surface area (Å²) in [5, 5.41) is 27.4. The number of dihydropyridines is 1. The minimum absolute atomic E-state index is 0.0306. The van der Waals surface area contributed by atoms with Gasteiger partial charge in [-0.25, -0.2) is 9.59 Å². The van der Waals surface area contributed by atoms with E-state index in [0.29, 0.717) is 24.6 Å². The first-order valence-electron chi connectivity index (χ1n) is 13.1. The lowest BCUT2D eigenvalue weighted by atomic mass is 9.78. The molecule has 39 heavy (non-hydrogen) atoms. The van der Waals surface area contributed by atoms with Crippen LogP contribution in [0.3, 0.4) is 0 Å². The normalized spacial score (nSPS) is 14.2. The molecule has 0 saturated heterocycles. The van der Waals surface area contributed by atoms with E-state index in [2.05, 4.69) is 32.9 Å². The fraction of sp³-hybridized carbons (Fsp3) is 0.321. The second-order valence-electron chi connectivity index (χ2n) is 10.0. The number of hydrogen-bond acceptors (Lipinski definition) is 6. The van der Waals surface area contributed by atoms with Crippen molar-refractivity contribution in [1.29, 1.82) is 0 Å².